The molecule has 0 saturated carbocycles. The van der Waals surface area contributed by atoms with E-state index < -0.39 is 18.2 Å². The lowest BCUT2D eigenvalue weighted by Crippen LogP contribution is -2.27. The molecule has 0 aliphatic rings. The molecule has 0 radical (unpaired) electrons. The van der Waals surface area contributed by atoms with E-state index in [-0.39, 0.29) is 23.1 Å². The summed E-state index contributed by atoms with van der Waals surface area (Å²) in [5, 5.41) is 11.9. The Labute approximate surface area is 107 Å². The smallest absolute Gasteiger partial charge is 0.387 e. The summed E-state index contributed by atoms with van der Waals surface area (Å²) in [4.78, 5) is 7.50. The molecule has 2 atom stereocenters. The van der Waals surface area contributed by atoms with E-state index in [1.165, 1.54) is 6.92 Å². The zero-order valence-corrected chi connectivity index (χ0v) is 10.5. The standard InChI is InChI=1S/C10H13ClF3N3O/c1-5(10(12,13)14)3-15-9-7(11)8(6(2)18)16-4-17-9/h4-6,18H,3H2,1-2H3,(H,15,16,17). The van der Waals surface area contributed by atoms with Gasteiger partial charge in [-0.2, -0.15) is 13.2 Å². The molecule has 0 aromatic carbocycles. The van der Waals surface area contributed by atoms with Crippen molar-refractivity contribution in [3.8, 4) is 0 Å². The van der Waals surface area contributed by atoms with E-state index in [9.17, 15) is 18.3 Å². The minimum Gasteiger partial charge on any atom is -0.387 e. The first-order valence-electron chi connectivity index (χ1n) is 5.22. The number of nitrogens with one attached hydrogen (secondary N) is 1. The van der Waals surface area contributed by atoms with Crippen LogP contribution < -0.4 is 5.32 Å². The van der Waals surface area contributed by atoms with Gasteiger partial charge in [-0.3, -0.25) is 0 Å². The van der Waals surface area contributed by atoms with E-state index in [4.69, 9.17) is 11.6 Å². The summed E-state index contributed by atoms with van der Waals surface area (Å²) in [6.07, 6.45) is -4.06. The third kappa shape index (κ3) is 3.71. The second-order valence-corrected chi connectivity index (χ2v) is 4.30. The van der Waals surface area contributed by atoms with E-state index in [0.29, 0.717) is 0 Å². The number of hydrogen-bond donors (Lipinski definition) is 2. The van der Waals surface area contributed by atoms with Crippen molar-refractivity contribution >= 4 is 17.4 Å². The van der Waals surface area contributed by atoms with E-state index >= 15 is 0 Å². The molecule has 0 aliphatic carbocycles. The van der Waals surface area contributed by atoms with Crippen LogP contribution in [0.3, 0.4) is 0 Å². The minimum atomic E-state index is -4.28. The number of halogens is 4. The molecule has 102 valence electrons. The number of alkyl halides is 3. The molecular formula is C10H13ClF3N3O. The molecule has 1 aromatic rings. The predicted octanol–water partition coefficient (Wildman–Crippen LogP) is 2.79. The Balaban J connectivity index is 2.77. The van der Waals surface area contributed by atoms with Gasteiger partial charge in [0, 0.05) is 6.54 Å². The summed E-state index contributed by atoms with van der Waals surface area (Å²) in [6, 6.07) is 0. The Kier molecular flexibility index (Phi) is 4.75. The normalized spacial score (nSPS) is 15.3. The van der Waals surface area contributed by atoms with Crippen LogP contribution >= 0.6 is 11.6 Å². The third-order valence-electron chi connectivity index (χ3n) is 2.35. The number of nitrogens with zero attached hydrogens (tertiary/aromatic N) is 2. The Hall–Kier alpha value is -1.08. The van der Waals surface area contributed by atoms with Gasteiger partial charge in [-0.1, -0.05) is 18.5 Å². The van der Waals surface area contributed by atoms with E-state index in [1.54, 1.807) is 0 Å². The number of rotatable bonds is 4. The highest BCUT2D eigenvalue weighted by Gasteiger charge is 2.35. The summed E-state index contributed by atoms with van der Waals surface area (Å²) in [5.74, 6) is -1.45. The van der Waals surface area contributed by atoms with Crippen molar-refractivity contribution in [2.45, 2.75) is 26.1 Å². The van der Waals surface area contributed by atoms with Crippen LogP contribution in [-0.2, 0) is 0 Å². The van der Waals surface area contributed by atoms with Crippen LogP contribution in [0.2, 0.25) is 5.02 Å². The van der Waals surface area contributed by atoms with Crippen molar-refractivity contribution < 1.29 is 18.3 Å². The number of anilines is 1. The maximum atomic E-state index is 12.3. The van der Waals surface area contributed by atoms with Crippen molar-refractivity contribution in [1.82, 2.24) is 9.97 Å². The summed E-state index contributed by atoms with van der Waals surface area (Å²) in [5.41, 5.74) is 0.175. The van der Waals surface area contributed by atoms with Crippen LogP contribution in [0.5, 0.6) is 0 Å². The molecule has 0 saturated heterocycles. The van der Waals surface area contributed by atoms with Gasteiger partial charge in [-0.15, -0.1) is 0 Å². The molecule has 8 heteroatoms. The maximum Gasteiger partial charge on any atom is 0.393 e. The van der Waals surface area contributed by atoms with Crippen molar-refractivity contribution in [3.05, 3.63) is 17.0 Å². The molecule has 0 spiro atoms. The fourth-order valence-corrected chi connectivity index (χ4v) is 1.49. The van der Waals surface area contributed by atoms with Gasteiger partial charge in [0.1, 0.15) is 17.2 Å². The van der Waals surface area contributed by atoms with Crippen LogP contribution in [0.1, 0.15) is 25.6 Å². The largest absolute Gasteiger partial charge is 0.393 e. The molecule has 1 rings (SSSR count). The van der Waals surface area contributed by atoms with Crippen LogP contribution in [-0.4, -0.2) is 27.8 Å². The van der Waals surface area contributed by atoms with Gasteiger partial charge in [0.15, 0.2) is 0 Å². The highest BCUT2D eigenvalue weighted by atomic mass is 35.5. The zero-order valence-electron chi connectivity index (χ0n) is 9.79. The molecule has 1 aromatic heterocycles. The SMILES string of the molecule is CC(O)c1ncnc(NCC(C)C(F)(F)F)c1Cl. The van der Waals surface area contributed by atoms with Crippen LogP contribution in [0.15, 0.2) is 6.33 Å². The number of hydrogen-bond acceptors (Lipinski definition) is 4. The molecule has 0 bridgehead atoms. The second kappa shape index (κ2) is 5.71. The first-order valence-corrected chi connectivity index (χ1v) is 5.60. The lowest BCUT2D eigenvalue weighted by molar-refractivity contribution is -0.165. The lowest BCUT2D eigenvalue weighted by atomic mass is 10.2. The second-order valence-electron chi connectivity index (χ2n) is 3.92. The van der Waals surface area contributed by atoms with Crippen LogP contribution in [0, 0.1) is 5.92 Å². The summed E-state index contributed by atoms with van der Waals surface area (Å²) < 4.78 is 36.9. The van der Waals surface area contributed by atoms with Gasteiger partial charge in [0.2, 0.25) is 0 Å². The highest BCUT2D eigenvalue weighted by Crippen LogP contribution is 2.29. The van der Waals surface area contributed by atoms with Gasteiger partial charge in [0.25, 0.3) is 0 Å². The average Bonchev–Trinajstić information content (AvgIpc) is 2.25. The van der Waals surface area contributed by atoms with Crippen molar-refractivity contribution in [3.63, 3.8) is 0 Å². The first-order chi connectivity index (χ1) is 8.23. The van der Waals surface area contributed by atoms with Crippen molar-refractivity contribution in [2.24, 2.45) is 5.92 Å². The fraction of sp³-hybridized carbons (Fsp3) is 0.600. The van der Waals surface area contributed by atoms with Gasteiger partial charge < -0.3 is 10.4 Å². The highest BCUT2D eigenvalue weighted by molar-refractivity contribution is 6.33. The minimum absolute atomic E-state index is 0.0295. The van der Waals surface area contributed by atoms with Gasteiger partial charge >= 0.3 is 6.18 Å². The molecule has 2 N–H and O–H groups in total. The summed E-state index contributed by atoms with van der Waals surface area (Å²) in [7, 11) is 0. The monoisotopic (exact) mass is 283 g/mol. The molecule has 0 aliphatic heterocycles. The topological polar surface area (TPSA) is 58.0 Å². The molecule has 0 fully saturated rings. The first kappa shape index (κ1) is 15.0. The van der Waals surface area contributed by atoms with Crippen molar-refractivity contribution in [2.75, 3.05) is 11.9 Å². The van der Waals surface area contributed by atoms with E-state index in [0.717, 1.165) is 13.3 Å². The molecule has 4 nitrogen and oxygen atoms in total. The fourth-order valence-electron chi connectivity index (χ4n) is 1.16. The van der Waals surface area contributed by atoms with Gasteiger partial charge in [0.05, 0.1) is 17.7 Å². The Morgan fingerprint density at radius 2 is 2.00 bits per heavy atom. The lowest BCUT2D eigenvalue weighted by Gasteiger charge is -2.17. The molecule has 2 unspecified atom stereocenters. The molecular weight excluding hydrogens is 271 g/mol. The summed E-state index contributed by atoms with van der Waals surface area (Å²) >= 11 is 5.87. The van der Waals surface area contributed by atoms with E-state index in [2.05, 4.69) is 15.3 Å². The van der Waals surface area contributed by atoms with Gasteiger partial charge in [-0.25, -0.2) is 9.97 Å². The Morgan fingerprint density at radius 3 is 2.50 bits per heavy atom. The number of aliphatic hydroxyl groups is 1. The quantitative estimate of drug-likeness (QED) is 0.892. The van der Waals surface area contributed by atoms with Gasteiger partial charge in [-0.05, 0) is 6.92 Å². The predicted molar refractivity (Wildman–Crippen MR) is 61.4 cm³/mol. The summed E-state index contributed by atoms with van der Waals surface area (Å²) in [6.45, 7) is 2.16. The Bertz CT molecular complexity index is 412. The number of aliphatic hydroxyl groups excluding tert-OH is 1. The van der Waals surface area contributed by atoms with E-state index in [1.807, 2.05) is 0 Å². The Morgan fingerprint density at radius 1 is 1.39 bits per heavy atom. The van der Waals surface area contributed by atoms with Crippen LogP contribution in [0.4, 0.5) is 19.0 Å². The zero-order chi connectivity index (χ0) is 13.9. The molecule has 0 amide bonds. The van der Waals surface area contributed by atoms with Crippen LogP contribution in [0.25, 0.3) is 0 Å². The average molecular weight is 284 g/mol. The van der Waals surface area contributed by atoms with Crippen molar-refractivity contribution in [1.29, 1.82) is 0 Å². The maximum absolute atomic E-state index is 12.3. The number of aromatic nitrogens is 2. The third-order valence-corrected chi connectivity index (χ3v) is 2.72. The molecule has 1 heterocycles. The molecule has 18 heavy (non-hydrogen) atoms.